The average molecular weight is 301 g/mol. The average Bonchev–Trinajstić information content (AvgIpc) is 2.69. The Morgan fingerprint density at radius 2 is 2.33 bits per heavy atom. The molecule has 0 saturated heterocycles. The van der Waals surface area contributed by atoms with Crippen LogP contribution in [0.15, 0.2) is 38.6 Å². The highest BCUT2D eigenvalue weighted by molar-refractivity contribution is 9.10. The van der Waals surface area contributed by atoms with Gasteiger partial charge in [0.25, 0.3) is 0 Å². The Hall–Kier alpha value is -0.520. The third-order valence-corrected chi connectivity index (χ3v) is 4.38. The molecule has 15 heavy (non-hydrogen) atoms. The van der Waals surface area contributed by atoms with Crippen molar-refractivity contribution in [1.29, 1.82) is 0 Å². The number of nitrogen functional groups attached to an aromatic ring is 1. The molecule has 2 rings (SSSR count). The summed E-state index contributed by atoms with van der Waals surface area (Å²) in [4.78, 5) is 4.21. The summed E-state index contributed by atoms with van der Waals surface area (Å²) < 4.78 is 2.10. The number of hydrogen-bond acceptors (Lipinski definition) is 4. The van der Waals surface area contributed by atoms with Gasteiger partial charge in [0, 0.05) is 27.5 Å². The highest BCUT2D eigenvalue weighted by Crippen LogP contribution is 2.28. The molecule has 0 aliphatic heterocycles. The molecule has 2 aromatic rings. The third kappa shape index (κ3) is 2.96. The van der Waals surface area contributed by atoms with Gasteiger partial charge in [-0.25, -0.2) is 4.98 Å². The number of benzene rings is 1. The molecule has 2 nitrogen and oxygen atoms in total. The third-order valence-electron chi connectivity index (χ3n) is 1.87. The van der Waals surface area contributed by atoms with E-state index in [1.54, 1.807) is 23.1 Å². The lowest BCUT2D eigenvalue weighted by Gasteiger charge is -2.04. The molecule has 0 atom stereocenters. The zero-order chi connectivity index (χ0) is 10.7. The van der Waals surface area contributed by atoms with E-state index in [1.165, 1.54) is 0 Å². The van der Waals surface area contributed by atoms with Gasteiger partial charge in [0.05, 0.1) is 0 Å². The van der Waals surface area contributed by atoms with E-state index in [4.69, 9.17) is 5.73 Å². The Morgan fingerprint density at radius 3 is 3.00 bits per heavy atom. The number of hydrogen-bond donors (Lipinski definition) is 1. The molecule has 0 spiro atoms. The second-order valence-corrected chi connectivity index (χ2v) is 5.96. The predicted octanol–water partition coefficient (Wildman–Crippen LogP) is 3.78. The van der Waals surface area contributed by atoms with Crippen molar-refractivity contribution < 1.29 is 0 Å². The van der Waals surface area contributed by atoms with Crippen molar-refractivity contribution in [1.82, 2.24) is 4.98 Å². The van der Waals surface area contributed by atoms with Gasteiger partial charge in [-0.05, 0) is 17.7 Å². The van der Waals surface area contributed by atoms with Crippen molar-refractivity contribution in [3.05, 3.63) is 39.8 Å². The van der Waals surface area contributed by atoms with Crippen LogP contribution in [0.1, 0.15) is 5.56 Å². The molecule has 5 heteroatoms. The van der Waals surface area contributed by atoms with E-state index in [1.807, 2.05) is 29.8 Å². The van der Waals surface area contributed by atoms with Gasteiger partial charge in [0.15, 0.2) is 0 Å². The molecule has 0 amide bonds. The summed E-state index contributed by atoms with van der Waals surface area (Å²) in [6.45, 7) is 0. The zero-order valence-corrected chi connectivity index (χ0v) is 11.0. The Balaban J connectivity index is 2.05. The van der Waals surface area contributed by atoms with E-state index >= 15 is 0 Å². The lowest BCUT2D eigenvalue weighted by molar-refractivity contribution is 1.24. The molecular weight excluding hydrogens is 292 g/mol. The van der Waals surface area contributed by atoms with E-state index in [0.717, 1.165) is 25.8 Å². The van der Waals surface area contributed by atoms with Gasteiger partial charge in [-0.3, -0.25) is 0 Å². The van der Waals surface area contributed by atoms with Gasteiger partial charge in [-0.1, -0.05) is 33.8 Å². The summed E-state index contributed by atoms with van der Waals surface area (Å²) in [5.74, 6) is 0.868. The van der Waals surface area contributed by atoms with Crippen molar-refractivity contribution in [3.8, 4) is 0 Å². The van der Waals surface area contributed by atoms with Crippen LogP contribution in [0.25, 0.3) is 0 Å². The van der Waals surface area contributed by atoms with Crippen LogP contribution in [0.3, 0.4) is 0 Å². The van der Waals surface area contributed by atoms with Gasteiger partial charge < -0.3 is 5.73 Å². The lowest BCUT2D eigenvalue weighted by Crippen LogP contribution is -1.92. The van der Waals surface area contributed by atoms with Crippen LogP contribution in [0.5, 0.6) is 0 Å². The van der Waals surface area contributed by atoms with Gasteiger partial charge in [0.1, 0.15) is 4.34 Å². The van der Waals surface area contributed by atoms with Gasteiger partial charge in [-0.2, -0.15) is 0 Å². The summed E-state index contributed by atoms with van der Waals surface area (Å²) in [5, 5.41) is 1.98. The molecule has 0 radical (unpaired) electrons. The van der Waals surface area contributed by atoms with Crippen molar-refractivity contribution in [2.75, 3.05) is 5.73 Å². The summed E-state index contributed by atoms with van der Waals surface area (Å²) >= 11 is 6.75. The van der Waals surface area contributed by atoms with Crippen LogP contribution >= 0.6 is 39.0 Å². The van der Waals surface area contributed by atoms with Crippen molar-refractivity contribution in [2.24, 2.45) is 0 Å². The van der Waals surface area contributed by atoms with Crippen LogP contribution in [0.4, 0.5) is 5.69 Å². The Kier molecular flexibility index (Phi) is 3.66. The van der Waals surface area contributed by atoms with Gasteiger partial charge in [0.2, 0.25) is 0 Å². The van der Waals surface area contributed by atoms with E-state index in [0.29, 0.717) is 0 Å². The monoisotopic (exact) mass is 300 g/mol. The molecule has 0 aliphatic rings. The highest BCUT2D eigenvalue weighted by atomic mass is 79.9. The smallest absolute Gasteiger partial charge is 0.150 e. The fraction of sp³-hybridized carbons (Fsp3) is 0.100. The number of thiazole rings is 1. The van der Waals surface area contributed by atoms with Crippen molar-refractivity contribution in [3.63, 3.8) is 0 Å². The van der Waals surface area contributed by atoms with Crippen LogP contribution in [-0.4, -0.2) is 4.98 Å². The Bertz CT molecular complexity index is 443. The van der Waals surface area contributed by atoms with Crippen molar-refractivity contribution in [2.45, 2.75) is 10.1 Å². The Labute approximate surface area is 105 Å². The minimum atomic E-state index is 0.827. The molecule has 0 unspecified atom stereocenters. The number of rotatable bonds is 3. The van der Waals surface area contributed by atoms with E-state index in [9.17, 15) is 0 Å². The molecule has 0 fully saturated rings. The Morgan fingerprint density at radius 1 is 1.47 bits per heavy atom. The number of thioether (sulfide) groups is 1. The van der Waals surface area contributed by atoms with Crippen LogP contribution < -0.4 is 5.73 Å². The first kappa shape index (κ1) is 11.0. The summed E-state index contributed by atoms with van der Waals surface area (Å²) in [5.41, 5.74) is 7.88. The second-order valence-electron chi connectivity index (χ2n) is 2.93. The zero-order valence-electron chi connectivity index (χ0n) is 7.81. The molecule has 0 aliphatic carbocycles. The van der Waals surface area contributed by atoms with Gasteiger partial charge in [-0.15, -0.1) is 11.3 Å². The summed E-state index contributed by atoms with van der Waals surface area (Å²) in [7, 11) is 0. The van der Waals surface area contributed by atoms with E-state index in [2.05, 4.69) is 20.9 Å². The second kappa shape index (κ2) is 5.01. The number of nitrogens with two attached hydrogens (primary N) is 1. The minimum absolute atomic E-state index is 0.827. The molecule has 0 saturated carbocycles. The van der Waals surface area contributed by atoms with Crippen LogP contribution in [0.2, 0.25) is 0 Å². The number of halogens is 1. The quantitative estimate of drug-likeness (QED) is 0.692. The first-order valence-corrected chi connectivity index (χ1v) is 6.98. The van der Waals surface area contributed by atoms with Gasteiger partial charge >= 0.3 is 0 Å². The molecule has 2 N–H and O–H groups in total. The topological polar surface area (TPSA) is 38.9 Å². The standard InChI is InChI=1S/C10H9BrN2S2/c11-8-2-1-7(9(12)5-8)6-15-10-13-3-4-14-10/h1-5H,6,12H2. The summed E-state index contributed by atoms with van der Waals surface area (Å²) in [6, 6.07) is 5.98. The largest absolute Gasteiger partial charge is 0.398 e. The fourth-order valence-electron chi connectivity index (χ4n) is 1.12. The lowest BCUT2D eigenvalue weighted by atomic mass is 10.2. The maximum Gasteiger partial charge on any atom is 0.150 e. The van der Waals surface area contributed by atoms with E-state index in [-0.39, 0.29) is 0 Å². The summed E-state index contributed by atoms with van der Waals surface area (Å²) in [6.07, 6.45) is 1.82. The van der Waals surface area contributed by atoms with Crippen LogP contribution in [0, 0.1) is 0 Å². The molecule has 1 heterocycles. The molecular formula is C10H9BrN2S2. The predicted molar refractivity (Wildman–Crippen MR) is 70.2 cm³/mol. The fourth-order valence-corrected chi connectivity index (χ4v) is 3.15. The first-order valence-electron chi connectivity index (χ1n) is 4.32. The van der Waals surface area contributed by atoms with Crippen LogP contribution in [-0.2, 0) is 5.75 Å². The molecule has 1 aromatic carbocycles. The molecule has 78 valence electrons. The minimum Gasteiger partial charge on any atom is -0.398 e. The normalized spacial score (nSPS) is 10.5. The molecule has 1 aromatic heterocycles. The first-order chi connectivity index (χ1) is 7.25. The SMILES string of the molecule is Nc1cc(Br)ccc1CSc1nccs1. The highest BCUT2D eigenvalue weighted by Gasteiger charge is 2.02. The number of anilines is 1. The van der Waals surface area contributed by atoms with E-state index < -0.39 is 0 Å². The molecule has 0 bridgehead atoms. The maximum absolute atomic E-state index is 5.90. The number of aromatic nitrogens is 1. The maximum atomic E-state index is 5.90. The van der Waals surface area contributed by atoms with Crippen molar-refractivity contribution >= 4 is 44.7 Å². The number of nitrogens with zero attached hydrogens (tertiary/aromatic N) is 1.